The molecule has 33 heavy (non-hydrogen) atoms. The van der Waals surface area contributed by atoms with Gasteiger partial charge in [-0.15, -0.1) is 0 Å². The van der Waals surface area contributed by atoms with Gasteiger partial charge in [0.25, 0.3) is 5.91 Å². The Morgan fingerprint density at radius 1 is 1.12 bits per heavy atom. The monoisotopic (exact) mass is 546 g/mol. The summed E-state index contributed by atoms with van der Waals surface area (Å²) in [5, 5.41) is 7.74. The van der Waals surface area contributed by atoms with Gasteiger partial charge in [0.2, 0.25) is 0 Å². The number of carbonyl (C=O) groups is 1. The Balaban J connectivity index is 1.74. The van der Waals surface area contributed by atoms with Gasteiger partial charge in [-0.25, -0.2) is 0 Å². The standard InChI is InChI=1S/C25H25BrCl2N4O/c1-25(2)14-32(11-10-30-25)22-9-6-15(12-19(22)26)17-4-3-5-18(24(29)33)23(17)31-16-7-8-20(27)21(28)13-16/h3-9,12-13,30-31H,10-11,14H2,1-2H3,(H2,29,33). The lowest BCUT2D eigenvalue weighted by atomic mass is 9.98. The van der Waals surface area contributed by atoms with E-state index >= 15 is 0 Å². The molecule has 0 aromatic heterocycles. The summed E-state index contributed by atoms with van der Waals surface area (Å²) in [4.78, 5) is 14.6. The minimum Gasteiger partial charge on any atom is -0.368 e. The Morgan fingerprint density at radius 3 is 2.58 bits per heavy atom. The molecule has 0 spiro atoms. The van der Waals surface area contributed by atoms with Gasteiger partial charge < -0.3 is 21.3 Å². The zero-order valence-corrected chi connectivity index (χ0v) is 21.5. The highest BCUT2D eigenvalue weighted by molar-refractivity contribution is 9.10. The van der Waals surface area contributed by atoms with Crippen LogP contribution in [-0.4, -0.2) is 31.1 Å². The molecule has 1 fully saturated rings. The number of para-hydroxylation sites is 1. The number of carbonyl (C=O) groups excluding carboxylic acids is 1. The highest BCUT2D eigenvalue weighted by Crippen LogP contribution is 2.38. The number of amides is 1. The third kappa shape index (κ3) is 5.30. The van der Waals surface area contributed by atoms with E-state index in [-0.39, 0.29) is 5.54 Å². The van der Waals surface area contributed by atoms with Gasteiger partial charge in [-0.2, -0.15) is 0 Å². The van der Waals surface area contributed by atoms with Crippen molar-refractivity contribution >= 4 is 62.1 Å². The number of piperazine rings is 1. The fourth-order valence-electron chi connectivity index (χ4n) is 4.13. The summed E-state index contributed by atoms with van der Waals surface area (Å²) in [6.45, 7) is 7.18. The predicted molar refractivity (Wildman–Crippen MR) is 142 cm³/mol. The van der Waals surface area contributed by atoms with Gasteiger partial charge in [0.15, 0.2) is 0 Å². The molecule has 3 aromatic rings. The summed E-state index contributed by atoms with van der Waals surface area (Å²) in [7, 11) is 0. The Kier molecular flexibility index (Phi) is 6.91. The molecule has 0 atom stereocenters. The van der Waals surface area contributed by atoms with Crippen molar-refractivity contribution in [3.05, 3.63) is 74.7 Å². The quantitative estimate of drug-likeness (QED) is 0.343. The van der Waals surface area contributed by atoms with Crippen molar-refractivity contribution in [3.63, 3.8) is 0 Å². The second-order valence-corrected chi connectivity index (χ2v) is 10.4. The van der Waals surface area contributed by atoms with Crippen LogP contribution >= 0.6 is 39.1 Å². The molecule has 1 heterocycles. The second-order valence-electron chi connectivity index (χ2n) is 8.74. The fourth-order valence-corrected chi connectivity index (χ4v) is 5.06. The van der Waals surface area contributed by atoms with Crippen molar-refractivity contribution in [3.8, 4) is 11.1 Å². The van der Waals surface area contributed by atoms with Gasteiger partial charge in [0.05, 0.1) is 27.0 Å². The maximum absolute atomic E-state index is 12.2. The zero-order valence-electron chi connectivity index (χ0n) is 18.4. The molecule has 4 rings (SSSR count). The first kappa shape index (κ1) is 23.9. The SMILES string of the molecule is CC1(C)CN(c2ccc(-c3cccc(C(N)=O)c3Nc3ccc(Cl)c(Cl)c3)cc2Br)CCN1. The van der Waals surface area contributed by atoms with Crippen LogP contribution < -0.4 is 21.3 Å². The molecule has 3 aromatic carbocycles. The minimum atomic E-state index is -0.516. The van der Waals surface area contributed by atoms with E-state index in [0.717, 1.165) is 40.9 Å². The molecule has 1 aliphatic rings. The van der Waals surface area contributed by atoms with Crippen LogP contribution in [0.15, 0.2) is 59.1 Å². The molecule has 0 unspecified atom stereocenters. The van der Waals surface area contributed by atoms with E-state index in [1.165, 1.54) is 0 Å². The molecular formula is C25H25BrCl2N4O. The molecule has 0 aliphatic carbocycles. The smallest absolute Gasteiger partial charge is 0.250 e. The number of nitrogens with one attached hydrogen (secondary N) is 2. The van der Waals surface area contributed by atoms with Crippen molar-refractivity contribution in [2.24, 2.45) is 5.73 Å². The number of anilines is 3. The Labute approximate surface area is 212 Å². The second kappa shape index (κ2) is 9.55. The molecule has 8 heteroatoms. The Bertz CT molecular complexity index is 1220. The molecule has 4 N–H and O–H groups in total. The lowest BCUT2D eigenvalue weighted by Gasteiger charge is -2.40. The van der Waals surface area contributed by atoms with E-state index in [9.17, 15) is 4.79 Å². The van der Waals surface area contributed by atoms with Gasteiger partial charge >= 0.3 is 0 Å². The van der Waals surface area contributed by atoms with Crippen molar-refractivity contribution < 1.29 is 4.79 Å². The normalized spacial score (nSPS) is 15.4. The average molecular weight is 548 g/mol. The number of hydrogen-bond donors (Lipinski definition) is 3. The minimum absolute atomic E-state index is 0.0448. The summed E-state index contributed by atoms with van der Waals surface area (Å²) in [5.41, 5.74) is 10.4. The predicted octanol–water partition coefficient (Wildman–Crippen LogP) is 6.45. The van der Waals surface area contributed by atoms with Crippen LogP contribution in [0, 0.1) is 0 Å². The van der Waals surface area contributed by atoms with Crippen LogP contribution in [0.1, 0.15) is 24.2 Å². The number of halogens is 3. The summed E-state index contributed by atoms with van der Waals surface area (Å²) in [6, 6.07) is 17.0. The number of nitrogens with two attached hydrogens (primary N) is 1. The zero-order chi connectivity index (χ0) is 23.8. The number of rotatable bonds is 5. The number of primary amides is 1. The van der Waals surface area contributed by atoms with E-state index < -0.39 is 5.91 Å². The maximum atomic E-state index is 12.2. The lowest BCUT2D eigenvalue weighted by molar-refractivity contribution is 0.100. The van der Waals surface area contributed by atoms with Crippen LogP contribution in [0.3, 0.4) is 0 Å². The van der Waals surface area contributed by atoms with Crippen LogP contribution in [-0.2, 0) is 0 Å². The topological polar surface area (TPSA) is 70.4 Å². The van der Waals surface area contributed by atoms with Crippen LogP contribution in [0.4, 0.5) is 17.1 Å². The number of hydrogen-bond acceptors (Lipinski definition) is 4. The summed E-state index contributed by atoms with van der Waals surface area (Å²) in [6.07, 6.45) is 0. The van der Waals surface area contributed by atoms with Gasteiger partial charge in [-0.3, -0.25) is 4.79 Å². The first-order valence-corrected chi connectivity index (χ1v) is 12.1. The lowest BCUT2D eigenvalue weighted by Crippen LogP contribution is -2.57. The molecule has 172 valence electrons. The number of benzene rings is 3. The van der Waals surface area contributed by atoms with Crippen LogP contribution in [0.5, 0.6) is 0 Å². The molecule has 1 saturated heterocycles. The molecule has 1 aliphatic heterocycles. The van der Waals surface area contributed by atoms with Crippen molar-refractivity contribution in [1.82, 2.24) is 5.32 Å². The van der Waals surface area contributed by atoms with Crippen LogP contribution in [0.2, 0.25) is 10.0 Å². The fraction of sp³-hybridized carbons (Fsp3) is 0.240. The molecule has 0 radical (unpaired) electrons. The van der Waals surface area contributed by atoms with E-state index in [4.69, 9.17) is 28.9 Å². The van der Waals surface area contributed by atoms with Crippen molar-refractivity contribution in [2.45, 2.75) is 19.4 Å². The van der Waals surface area contributed by atoms with Crippen molar-refractivity contribution in [1.29, 1.82) is 0 Å². The Hall–Kier alpha value is -2.25. The van der Waals surface area contributed by atoms with E-state index in [0.29, 0.717) is 27.0 Å². The molecule has 1 amide bonds. The number of nitrogens with zero attached hydrogens (tertiary/aromatic N) is 1. The first-order valence-electron chi connectivity index (χ1n) is 10.6. The Morgan fingerprint density at radius 2 is 1.91 bits per heavy atom. The largest absolute Gasteiger partial charge is 0.368 e. The highest BCUT2D eigenvalue weighted by atomic mass is 79.9. The molecular weight excluding hydrogens is 523 g/mol. The average Bonchev–Trinajstić information content (AvgIpc) is 2.75. The third-order valence-electron chi connectivity index (χ3n) is 5.69. The maximum Gasteiger partial charge on any atom is 0.250 e. The van der Waals surface area contributed by atoms with Gasteiger partial charge in [0.1, 0.15) is 0 Å². The van der Waals surface area contributed by atoms with Gasteiger partial charge in [0, 0.05) is 40.9 Å². The molecule has 0 bridgehead atoms. The van der Waals surface area contributed by atoms with Gasteiger partial charge in [-0.05, 0) is 71.7 Å². The first-order chi connectivity index (χ1) is 15.6. The molecule has 0 saturated carbocycles. The summed E-state index contributed by atoms with van der Waals surface area (Å²) >= 11 is 16.0. The van der Waals surface area contributed by atoms with Crippen LogP contribution in [0.25, 0.3) is 11.1 Å². The molecule has 5 nitrogen and oxygen atoms in total. The summed E-state index contributed by atoms with van der Waals surface area (Å²) in [5.74, 6) is -0.516. The van der Waals surface area contributed by atoms with E-state index in [2.05, 4.69) is 63.5 Å². The van der Waals surface area contributed by atoms with Gasteiger partial charge in [-0.1, -0.05) is 41.4 Å². The van der Waals surface area contributed by atoms with E-state index in [1.807, 2.05) is 12.1 Å². The third-order valence-corrected chi connectivity index (χ3v) is 7.06. The summed E-state index contributed by atoms with van der Waals surface area (Å²) < 4.78 is 0.989. The van der Waals surface area contributed by atoms with Crippen molar-refractivity contribution in [2.75, 3.05) is 29.9 Å². The van der Waals surface area contributed by atoms with E-state index in [1.54, 1.807) is 24.3 Å². The highest BCUT2D eigenvalue weighted by Gasteiger charge is 2.27.